The van der Waals surface area contributed by atoms with Crippen molar-refractivity contribution < 1.29 is 17.6 Å². The number of hydrogen-bond donors (Lipinski definition) is 3. The van der Waals surface area contributed by atoms with Crippen LogP contribution in [-0.2, 0) is 10.0 Å². The minimum absolute atomic E-state index is 0.0737. The van der Waals surface area contributed by atoms with E-state index in [2.05, 4.69) is 20.2 Å². The number of rotatable bonds is 5. The van der Waals surface area contributed by atoms with E-state index in [1.165, 1.54) is 24.3 Å². The molecule has 0 aliphatic heterocycles. The largest absolute Gasteiger partial charge is 0.321 e. The number of aromatic nitrogens is 2. The number of amides is 1. The van der Waals surface area contributed by atoms with Crippen molar-refractivity contribution in [2.24, 2.45) is 0 Å². The lowest BCUT2D eigenvalue weighted by atomic mass is 10.2. The molecule has 1 heterocycles. The molecule has 9 heteroatoms. The fraction of sp³-hybridized carbons (Fsp3) is 0.0476. The van der Waals surface area contributed by atoms with Crippen molar-refractivity contribution >= 4 is 38.2 Å². The lowest BCUT2D eigenvalue weighted by Gasteiger charge is -2.13. The molecule has 0 saturated carbocycles. The average Bonchev–Trinajstić information content (AvgIpc) is 3.15. The van der Waals surface area contributed by atoms with Gasteiger partial charge in [-0.15, -0.1) is 0 Å². The Kier molecular flexibility index (Phi) is 4.96. The second-order valence-corrected chi connectivity index (χ2v) is 8.29. The third kappa shape index (κ3) is 3.74. The van der Waals surface area contributed by atoms with Crippen molar-refractivity contribution in [3.8, 4) is 0 Å². The zero-order chi connectivity index (χ0) is 21.3. The van der Waals surface area contributed by atoms with Crippen molar-refractivity contribution in [3.63, 3.8) is 0 Å². The summed E-state index contributed by atoms with van der Waals surface area (Å²) < 4.78 is 41.7. The number of benzene rings is 3. The summed E-state index contributed by atoms with van der Waals surface area (Å²) in [6, 6.07) is 17.1. The highest BCUT2D eigenvalue weighted by atomic mass is 32.2. The molecule has 0 unspecified atom stereocenters. The van der Waals surface area contributed by atoms with Gasteiger partial charge < -0.3 is 5.32 Å². The molecule has 7 nitrogen and oxygen atoms in total. The van der Waals surface area contributed by atoms with E-state index in [0.717, 1.165) is 6.07 Å². The summed E-state index contributed by atoms with van der Waals surface area (Å²) in [6.07, 6.45) is 0. The fourth-order valence-corrected chi connectivity index (χ4v) is 4.38. The second-order valence-electron chi connectivity index (χ2n) is 6.64. The number of carbonyl (C=O) groups excluding carboxylic acids is 1. The van der Waals surface area contributed by atoms with Gasteiger partial charge in [0.15, 0.2) is 5.69 Å². The topological polar surface area (TPSA) is 104 Å². The Morgan fingerprint density at radius 2 is 1.77 bits per heavy atom. The first-order valence-electron chi connectivity index (χ1n) is 8.97. The highest BCUT2D eigenvalue weighted by Gasteiger charge is 2.20. The number of nitrogens with zero attached hydrogens (tertiary/aromatic N) is 1. The summed E-state index contributed by atoms with van der Waals surface area (Å²) in [5.41, 5.74) is 1.46. The van der Waals surface area contributed by atoms with E-state index >= 15 is 0 Å². The second kappa shape index (κ2) is 7.60. The van der Waals surface area contributed by atoms with Crippen LogP contribution >= 0.6 is 0 Å². The van der Waals surface area contributed by atoms with Gasteiger partial charge in [-0.3, -0.25) is 14.6 Å². The number of aryl methyl sites for hydroxylation is 1. The van der Waals surface area contributed by atoms with Crippen LogP contribution in [0.25, 0.3) is 10.9 Å². The summed E-state index contributed by atoms with van der Waals surface area (Å²) >= 11 is 0. The van der Waals surface area contributed by atoms with Crippen LogP contribution in [-0.4, -0.2) is 24.5 Å². The molecule has 4 rings (SSSR count). The average molecular weight is 424 g/mol. The number of hydrogen-bond acceptors (Lipinski definition) is 4. The molecule has 0 bridgehead atoms. The van der Waals surface area contributed by atoms with E-state index in [1.54, 1.807) is 37.3 Å². The molecule has 4 aromatic rings. The molecule has 1 aromatic heterocycles. The Labute approximate surface area is 172 Å². The molecule has 0 radical (unpaired) electrons. The third-order valence-electron chi connectivity index (χ3n) is 4.54. The lowest BCUT2D eigenvalue weighted by Crippen LogP contribution is -2.17. The monoisotopic (exact) mass is 424 g/mol. The number of sulfonamides is 1. The summed E-state index contributed by atoms with van der Waals surface area (Å²) in [6.45, 7) is 1.61. The van der Waals surface area contributed by atoms with E-state index in [-0.39, 0.29) is 22.0 Å². The highest BCUT2D eigenvalue weighted by Crippen LogP contribution is 2.25. The maximum Gasteiger partial charge on any atom is 0.276 e. The zero-order valence-electron chi connectivity index (χ0n) is 15.8. The SMILES string of the molecule is Cc1ccc(NC(=O)c2n[nH]c3ccccc23)cc1S(=O)(=O)Nc1ccccc1F. The van der Waals surface area contributed by atoms with Gasteiger partial charge in [-0.25, -0.2) is 12.8 Å². The van der Waals surface area contributed by atoms with E-state index < -0.39 is 21.7 Å². The Balaban J connectivity index is 1.63. The smallest absolute Gasteiger partial charge is 0.276 e. The number of aromatic amines is 1. The third-order valence-corrected chi connectivity index (χ3v) is 6.05. The van der Waals surface area contributed by atoms with Crippen molar-refractivity contribution in [1.29, 1.82) is 0 Å². The molecule has 152 valence electrons. The number of fused-ring (bicyclic) bond motifs is 1. The predicted octanol–water partition coefficient (Wildman–Crippen LogP) is 4.06. The molecule has 30 heavy (non-hydrogen) atoms. The number of anilines is 2. The van der Waals surface area contributed by atoms with Crippen LogP contribution in [0.1, 0.15) is 16.1 Å². The lowest BCUT2D eigenvalue weighted by molar-refractivity contribution is 0.102. The van der Waals surface area contributed by atoms with Gasteiger partial charge in [-0.1, -0.05) is 36.4 Å². The van der Waals surface area contributed by atoms with Crippen LogP contribution in [0.5, 0.6) is 0 Å². The van der Waals surface area contributed by atoms with E-state index in [9.17, 15) is 17.6 Å². The Morgan fingerprint density at radius 3 is 2.57 bits per heavy atom. The van der Waals surface area contributed by atoms with Gasteiger partial charge in [-0.2, -0.15) is 5.10 Å². The highest BCUT2D eigenvalue weighted by molar-refractivity contribution is 7.92. The number of carbonyl (C=O) groups is 1. The first kappa shape index (κ1) is 19.6. The van der Waals surface area contributed by atoms with Gasteiger partial charge in [-0.05, 0) is 42.8 Å². The minimum Gasteiger partial charge on any atom is -0.321 e. The first-order chi connectivity index (χ1) is 14.3. The zero-order valence-corrected chi connectivity index (χ0v) is 16.6. The normalized spacial score (nSPS) is 11.4. The molecule has 3 aromatic carbocycles. The Hall–Kier alpha value is -3.72. The van der Waals surface area contributed by atoms with Crippen molar-refractivity contribution in [2.45, 2.75) is 11.8 Å². The van der Waals surface area contributed by atoms with E-state index in [4.69, 9.17) is 0 Å². The van der Waals surface area contributed by atoms with Gasteiger partial charge in [0.05, 0.1) is 16.1 Å². The molecule has 1 amide bonds. The molecular formula is C21H17FN4O3S. The molecule has 0 saturated heterocycles. The molecule has 0 aliphatic rings. The summed E-state index contributed by atoms with van der Waals surface area (Å²) in [5.74, 6) is -1.17. The quantitative estimate of drug-likeness (QED) is 0.449. The molecule has 0 aliphatic carbocycles. The summed E-state index contributed by atoms with van der Waals surface area (Å²) in [7, 11) is -4.08. The number of para-hydroxylation sites is 2. The van der Waals surface area contributed by atoms with Gasteiger partial charge in [0.25, 0.3) is 15.9 Å². The molecule has 0 atom stereocenters. The Morgan fingerprint density at radius 1 is 1.03 bits per heavy atom. The van der Waals surface area contributed by atoms with Crippen LogP contribution in [0.15, 0.2) is 71.6 Å². The summed E-state index contributed by atoms with van der Waals surface area (Å²) in [5, 5.41) is 10.1. The van der Waals surface area contributed by atoms with Crippen molar-refractivity contribution in [3.05, 3.63) is 83.8 Å². The Bertz CT molecular complexity index is 1370. The van der Waals surface area contributed by atoms with Crippen LogP contribution in [0.2, 0.25) is 0 Å². The van der Waals surface area contributed by atoms with Crippen molar-refractivity contribution in [1.82, 2.24) is 10.2 Å². The minimum atomic E-state index is -4.08. The molecule has 3 N–H and O–H groups in total. The maximum atomic E-state index is 13.9. The number of halogens is 1. The number of H-pyrrole nitrogens is 1. The number of nitrogens with one attached hydrogen (secondary N) is 3. The van der Waals surface area contributed by atoms with Gasteiger partial charge in [0, 0.05) is 11.1 Å². The molecule has 0 spiro atoms. The van der Waals surface area contributed by atoms with Gasteiger partial charge in [0.1, 0.15) is 5.82 Å². The first-order valence-corrected chi connectivity index (χ1v) is 10.5. The van der Waals surface area contributed by atoms with Gasteiger partial charge in [0.2, 0.25) is 0 Å². The van der Waals surface area contributed by atoms with Crippen LogP contribution in [0.3, 0.4) is 0 Å². The van der Waals surface area contributed by atoms with Crippen LogP contribution in [0, 0.1) is 12.7 Å². The van der Waals surface area contributed by atoms with E-state index in [0.29, 0.717) is 16.5 Å². The van der Waals surface area contributed by atoms with E-state index in [1.807, 2.05) is 6.07 Å². The standard InChI is InChI=1S/C21H17FN4O3S/c1-13-10-11-14(23-21(27)20-15-6-2-4-8-17(15)24-25-20)12-19(13)30(28,29)26-18-9-5-3-7-16(18)22/h2-12,26H,1H3,(H,23,27)(H,24,25). The van der Waals surface area contributed by atoms with Crippen LogP contribution < -0.4 is 10.0 Å². The molecule has 0 fully saturated rings. The fourth-order valence-electron chi connectivity index (χ4n) is 3.04. The predicted molar refractivity (Wildman–Crippen MR) is 112 cm³/mol. The molecular weight excluding hydrogens is 407 g/mol. The van der Waals surface area contributed by atoms with Crippen molar-refractivity contribution in [2.75, 3.05) is 10.0 Å². The van der Waals surface area contributed by atoms with Crippen LogP contribution in [0.4, 0.5) is 15.8 Å². The van der Waals surface area contributed by atoms with Gasteiger partial charge >= 0.3 is 0 Å². The summed E-state index contributed by atoms with van der Waals surface area (Å²) in [4.78, 5) is 12.6. The maximum absolute atomic E-state index is 13.9.